The van der Waals surface area contributed by atoms with E-state index in [1.165, 1.54) is 32.4 Å². The molecule has 0 bridgehead atoms. The highest BCUT2D eigenvalue weighted by molar-refractivity contribution is 4.90. The summed E-state index contributed by atoms with van der Waals surface area (Å²) in [4.78, 5) is 5.03. The van der Waals surface area contributed by atoms with E-state index in [9.17, 15) is 5.11 Å². The highest BCUT2D eigenvalue weighted by Crippen LogP contribution is 2.30. The quantitative estimate of drug-likeness (QED) is 0.814. The summed E-state index contributed by atoms with van der Waals surface area (Å²) in [5.41, 5.74) is 0.000203. The molecule has 2 aliphatic heterocycles. The first kappa shape index (κ1) is 14.3. The summed E-state index contributed by atoms with van der Waals surface area (Å²) in [5.74, 6) is 0.824. The molecule has 106 valence electrons. The molecule has 0 amide bonds. The van der Waals surface area contributed by atoms with Gasteiger partial charge in [0.25, 0.3) is 0 Å². The zero-order valence-corrected chi connectivity index (χ0v) is 12.5. The van der Waals surface area contributed by atoms with Gasteiger partial charge in [-0.2, -0.15) is 0 Å². The van der Waals surface area contributed by atoms with Crippen LogP contribution in [0.3, 0.4) is 0 Å². The Morgan fingerprint density at radius 1 is 1.22 bits per heavy atom. The molecule has 1 N–H and O–H groups in total. The SMILES string of the molecule is CN1CCCC2CN(CC(O)C(C)(C)C)CCC21. The first-order valence-corrected chi connectivity index (χ1v) is 7.48. The van der Waals surface area contributed by atoms with Crippen LogP contribution in [0.25, 0.3) is 0 Å². The lowest BCUT2D eigenvalue weighted by Gasteiger charge is -2.47. The van der Waals surface area contributed by atoms with Gasteiger partial charge in [-0.25, -0.2) is 0 Å². The van der Waals surface area contributed by atoms with E-state index in [2.05, 4.69) is 37.6 Å². The summed E-state index contributed by atoms with van der Waals surface area (Å²) in [6, 6.07) is 0.793. The Kier molecular flexibility index (Phi) is 4.35. The molecule has 0 radical (unpaired) electrons. The molecular weight excluding hydrogens is 224 g/mol. The Hall–Kier alpha value is -0.120. The number of nitrogens with zero attached hydrogens (tertiary/aromatic N) is 2. The molecule has 18 heavy (non-hydrogen) atoms. The molecule has 3 heteroatoms. The van der Waals surface area contributed by atoms with Crippen LogP contribution >= 0.6 is 0 Å². The van der Waals surface area contributed by atoms with Gasteiger partial charge >= 0.3 is 0 Å². The lowest BCUT2D eigenvalue weighted by Crippen LogP contribution is -2.54. The Bertz CT molecular complexity index is 274. The highest BCUT2D eigenvalue weighted by Gasteiger charge is 2.35. The highest BCUT2D eigenvalue weighted by atomic mass is 16.3. The summed E-state index contributed by atoms with van der Waals surface area (Å²) in [5, 5.41) is 10.2. The molecule has 2 heterocycles. The van der Waals surface area contributed by atoms with E-state index in [0.29, 0.717) is 0 Å². The third-order valence-corrected chi connectivity index (χ3v) is 4.86. The van der Waals surface area contributed by atoms with Crippen molar-refractivity contribution >= 4 is 0 Å². The summed E-state index contributed by atoms with van der Waals surface area (Å²) >= 11 is 0. The lowest BCUT2D eigenvalue weighted by molar-refractivity contribution is -0.0110. The molecule has 2 rings (SSSR count). The second kappa shape index (κ2) is 5.48. The van der Waals surface area contributed by atoms with Gasteiger partial charge in [0.2, 0.25) is 0 Å². The molecule has 0 aromatic heterocycles. The van der Waals surface area contributed by atoms with Crippen molar-refractivity contribution in [2.45, 2.75) is 52.2 Å². The number of hydrogen-bond acceptors (Lipinski definition) is 3. The average Bonchev–Trinajstić information content (AvgIpc) is 2.28. The lowest BCUT2D eigenvalue weighted by atomic mass is 9.83. The van der Waals surface area contributed by atoms with E-state index in [0.717, 1.165) is 25.0 Å². The Labute approximate surface area is 112 Å². The summed E-state index contributed by atoms with van der Waals surface area (Å²) in [6.07, 6.45) is 3.78. The van der Waals surface area contributed by atoms with Gasteiger partial charge in [-0.1, -0.05) is 20.8 Å². The smallest absolute Gasteiger partial charge is 0.0715 e. The van der Waals surface area contributed by atoms with Gasteiger partial charge in [0.05, 0.1) is 6.10 Å². The standard InChI is InChI=1S/C15H30N2O/c1-15(2,3)14(18)11-17-9-7-13-12(10-17)6-5-8-16(13)4/h12-14,18H,5-11H2,1-4H3. The molecule has 0 aromatic carbocycles. The van der Waals surface area contributed by atoms with Crippen molar-refractivity contribution in [2.75, 3.05) is 33.2 Å². The number of aliphatic hydroxyl groups is 1. The second-order valence-corrected chi connectivity index (χ2v) is 7.38. The zero-order chi connectivity index (χ0) is 13.3. The minimum atomic E-state index is -0.213. The van der Waals surface area contributed by atoms with Crippen LogP contribution < -0.4 is 0 Å². The number of likely N-dealkylation sites (tertiary alicyclic amines) is 2. The minimum absolute atomic E-state index is 0.000203. The predicted molar refractivity (Wildman–Crippen MR) is 75.7 cm³/mol. The molecule has 3 unspecified atom stereocenters. The fourth-order valence-corrected chi connectivity index (χ4v) is 3.41. The van der Waals surface area contributed by atoms with E-state index >= 15 is 0 Å². The number of piperidine rings is 2. The molecular formula is C15H30N2O. The molecule has 2 saturated heterocycles. The van der Waals surface area contributed by atoms with Crippen molar-refractivity contribution in [3.8, 4) is 0 Å². The third kappa shape index (κ3) is 3.25. The maximum absolute atomic E-state index is 10.2. The summed E-state index contributed by atoms with van der Waals surface area (Å²) in [6.45, 7) is 10.8. The predicted octanol–water partition coefficient (Wildman–Crippen LogP) is 1.81. The van der Waals surface area contributed by atoms with E-state index in [1.54, 1.807) is 0 Å². The fraction of sp³-hybridized carbons (Fsp3) is 1.00. The number of fused-ring (bicyclic) bond motifs is 1. The van der Waals surface area contributed by atoms with Crippen molar-refractivity contribution < 1.29 is 5.11 Å². The van der Waals surface area contributed by atoms with Crippen molar-refractivity contribution in [1.29, 1.82) is 0 Å². The van der Waals surface area contributed by atoms with Crippen molar-refractivity contribution in [3.63, 3.8) is 0 Å². The fourth-order valence-electron chi connectivity index (χ4n) is 3.41. The van der Waals surface area contributed by atoms with E-state index in [-0.39, 0.29) is 11.5 Å². The van der Waals surface area contributed by atoms with Crippen LogP contribution in [0.4, 0.5) is 0 Å². The monoisotopic (exact) mass is 254 g/mol. The van der Waals surface area contributed by atoms with Gasteiger partial charge in [-0.15, -0.1) is 0 Å². The van der Waals surface area contributed by atoms with Gasteiger partial charge in [0.15, 0.2) is 0 Å². The average molecular weight is 254 g/mol. The molecule has 2 aliphatic rings. The molecule has 0 spiro atoms. The van der Waals surface area contributed by atoms with Gasteiger partial charge in [-0.05, 0) is 50.7 Å². The molecule has 3 nitrogen and oxygen atoms in total. The number of hydrogen-bond donors (Lipinski definition) is 1. The van der Waals surface area contributed by atoms with Crippen LogP contribution in [0.1, 0.15) is 40.0 Å². The van der Waals surface area contributed by atoms with Crippen LogP contribution in [-0.2, 0) is 0 Å². The molecule has 2 fully saturated rings. The summed E-state index contributed by atoms with van der Waals surface area (Å²) in [7, 11) is 2.27. The third-order valence-electron chi connectivity index (χ3n) is 4.86. The largest absolute Gasteiger partial charge is 0.391 e. The molecule has 0 aromatic rings. The number of rotatable bonds is 2. The van der Waals surface area contributed by atoms with Gasteiger partial charge < -0.3 is 14.9 Å². The summed E-state index contributed by atoms with van der Waals surface area (Å²) < 4.78 is 0. The Morgan fingerprint density at radius 3 is 2.61 bits per heavy atom. The maximum atomic E-state index is 10.2. The number of aliphatic hydroxyl groups excluding tert-OH is 1. The van der Waals surface area contributed by atoms with E-state index in [1.807, 2.05) is 0 Å². The number of β-amino-alcohol motifs (C(OH)–C–C–N with tert-alkyl or cyclic N) is 1. The Morgan fingerprint density at radius 2 is 1.94 bits per heavy atom. The van der Waals surface area contributed by atoms with Crippen molar-refractivity contribution in [1.82, 2.24) is 9.80 Å². The minimum Gasteiger partial charge on any atom is -0.391 e. The van der Waals surface area contributed by atoms with Crippen LogP contribution in [0.15, 0.2) is 0 Å². The normalized spacial score (nSPS) is 33.2. The first-order chi connectivity index (χ1) is 8.38. The van der Waals surface area contributed by atoms with Gasteiger partial charge in [-0.3, -0.25) is 0 Å². The Balaban J connectivity index is 1.87. The molecule has 0 aliphatic carbocycles. The molecule has 0 saturated carbocycles. The van der Waals surface area contributed by atoms with E-state index in [4.69, 9.17) is 0 Å². The van der Waals surface area contributed by atoms with E-state index < -0.39 is 0 Å². The van der Waals surface area contributed by atoms with Crippen LogP contribution in [0.5, 0.6) is 0 Å². The van der Waals surface area contributed by atoms with Crippen LogP contribution in [0, 0.1) is 11.3 Å². The van der Waals surface area contributed by atoms with Crippen molar-refractivity contribution in [3.05, 3.63) is 0 Å². The zero-order valence-electron chi connectivity index (χ0n) is 12.5. The van der Waals surface area contributed by atoms with Gasteiger partial charge in [0.1, 0.15) is 0 Å². The first-order valence-electron chi connectivity index (χ1n) is 7.48. The second-order valence-electron chi connectivity index (χ2n) is 7.38. The van der Waals surface area contributed by atoms with Gasteiger partial charge in [0, 0.05) is 19.1 Å². The topological polar surface area (TPSA) is 26.7 Å². The molecule has 3 atom stereocenters. The van der Waals surface area contributed by atoms with Crippen LogP contribution in [0.2, 0.25) is 0 Å². The van der Waals surface area contributed by atoms with Crippen LogP contribution in [-0.4, -0.2) is 60.3 Å². The maximum Gasteiger partial charge on any atom is 0.0715 e. The van der Waals surface area contributed by atoms with Crippen molar-refractivity contribution in [2.24, 2.45) is 11.3 Å².